The fraction of sp³-hybridized carbons (Fsp3) is 0.0556. The molecule has 3 N–H and O–H groups in total. The topological polar surface area (TPSA) is 109 Å². The normalized spacial score (nSPS) is 11.0. The van der Waals surface area contributed by atoms with Crippen LogP contribution >= 0.6 is 0 Å². The third-order valence-electron chi connectivity index (χ3n) is 4.07. The number of benzene rings is 1. The van der Waals surface area contributed by atoms with Gasteiger partial charge in [0.05, 0.1) is 7.11 Å². The SMILES string of the molecule is COc1cccn2c(=O)c(C(=O)O)c(Nc3ccc4[nH]ccc4c3)nc12. The summed E-state index contributed by atoms with van der Waals surface area (Å²) in [5.74, 6) is -1.03. The second-order valence-corrected chi connectivity index (χ2v) is 5.62. The highest BCUT2D eigenvalue weighted by Crippen LogP contribution is 2.24. The van der Waals surface area contributed by atoms with E-state index in [1.54, 1.807) is 18.2 Å². The molecule has 0 fully saturated rings. The smallest absolute Gasteiger partial charge is 0.345 e. The predicted octanol–water partition coefficient (Wildman–Crippen LogP) is 2.63. The molecule has 0 saturated carbocycles. The van der Waals surface area contributed by atoms with Gasteiger partial charge in [0.15, 0.2) is 22.8 Å². The summed E-state index contributed by atoms with van der Waals surface area (Å²) in [6, 6.07) is 10.6. The number of pyridine rings is 1. The van der Waals surface area contributed by atoms with Crippen LogP contribution < -0.4 is 15.6 Å². The second-order valence-electron chi connectivity index (χ2n) is 5.62. The van der Waals surface area contributed by atoms with Crippen LogP contribution in [-0.4, -0.2) is 32.6 Å². The quantitative estimate of drug-likeness (QED) is 0.522. The van der Waals surface area contributed by atoms with E-state index in [-0.39, 0.29) is 11.5 Å². The first-order valence-electron chi connectivity index (χ1n) is 7.75. The highest BCUT2D eigenvalue weighted by Gasteiger charge is 2.21. The van der Waals surface area contributed by atoms with Crippen molar-refractivity contribution >= 4 is 34.0 Å². The van der Waals surface area contributed by atoms with Crippen molar-refractivity contribution in [2.45, 2.75) is 0 Å². The van der Waals surface area contributed by atoms with Crippen LogP contribution in [0.25, 0.3) is 16.6 Å². The van der Waals surface area contributed by atoms with Gasteiger partial charge in [-0.15, -0.1) is 0 Å². The van der Waals surface area contributed by atoms with Crippen molar-refractivity contribution in [3.63, 3.8) is 0 Å². The van der Waals surface area contributed by atoms with Gasteiger partial charge in [0.25, 0.3) is 5.56 Å². The third-order valence-corrected chi connectivity index (χ3v) is 4.07. The number of methoxy groups -OCH3 is 1. The molecule has 0 radical (unpaired) electrons. The number of fused-ring (bicyclic) bond motifs is 2. The monoisotopic (exact) mass is 350 g/mol. The Balaban J connectivity index is 1.93. The minimum absolute atomic E-state index is 0.0399. The molecule has 4 aromatic rings. The van der Waals surface area contributed by atoms with Crippen LogP contribution in [0.15, 0.2) is 53.6 Å². The standard InChI is InChI=1S/C18H14N4O4/c1-26-13-3-2-8-22-16(13)21-15(14(17(22)23)18(24)25)20-11-4-5-12-10(9-11)6-7-19-12/h2-9,19-20H,1H3,(H,24,25). The molecule has 8 heteroatoms. The molecule has 0 spiro atoms. The molecule has 0 saturated heterocycles. The lowest BCUT2D eigenvalue weighted by Gasteiger charge is -2.12. The summed E-state index contributed by atoms with van der Waals surface area (Å²) < 4.78 is 6.39. The fourth-order valence-corrected chi connectivity index (χ4v) is 2.85. The molecule has 8 nitrogen and oxygen atoms in total. The first-order valence-corrected chi connectivity index (χ1v) is 7.75. The molecule has 0 aliphatic rings. The summed E-state index contributed by atoms with van der Waals surface area (Å²) >= 11 is 0. The van der Waals surface area contributed by atoms with Crippen molar-refractivity contribution in [1.29, 1.82) is 0 Å². The lowest BCUT2D eigenvalue weighted by molar-refractivity contribution is 0.0695. The van der Waals surface area contributed by atoms with E-state index >= 15 is 0 Å². The van der Waals surface area contributed by atoms with E-state index in [0.717, 1.165) is 15.3 Å². The van der Waals surface area contributed by atoms with Crippen LogP contribution in [0, 0.1) is 0 Å². The van der Waals surface area contributed by atoms with E-state index in [4.69, 9.17) is 4.74 Å². The van der Waals surface area contributed by atoms with Gasteiger partial charge in [0.1, 0.15) is 0 Å². The van der Waals surface area contributed by atoms with Gasteiger partial charge in [0.2, 0.25) is 0 Å². The Morgan fingerprint density at radius 2 is 2.15 bits per heavy atom. The lowest BCUT2D eigenvalue weighted by Crippen LogP contribution is -2.25. The molecule has 3 heterocycles. The van der Waals surface area contributed by atoms with Crippen molar-refractivity contribution in [2.75, 3.05) is 12.4 Å². The molecule has 130 valence electrons. The number of nitrogens with zero attached hydrogens (tertiary/aromatic N) is 2. The zero-order chi connectivity index (χ0) is 18.3. The summed E-state index contributed by atoms with van der Waals surface area (Å²) in [6.07, 6.45) is 3.26. The van der Waals surface area contributed by atoms with Gasteiger partial charge in [-0.05, 0) is 36.4 Å². The number of hydrogen-bond donors (Lipinski definition) is 3. The van der Waals surface area contributed by atoms with Gasteiger partial charge in [-0.3, -0.25) is 9.20 Å². The Hall–Kier alpha value is -3.81. The Kier molecular flexibility index (Phi) is 3.58. The minimum Gasteiger partial charge on any atom is -0.493 e. The number of aromatic amines is 1. The van der Waals surface area contributed by atoms with E-state index in [1.807, 2.05) is 24.4 Å². The number of anilines is 2. The van der Waals surface area contributed by atoms with Gasteiger partial charge in [0, 0.05) is 29.0 Å². The number of aromatic nitrogens is 3. The maximum atomic E-state index is 12.7. The van der Waals surface area contributed by atoms with Crippen LogP contribution in [0.2, 0.25) is 0 Å². The zero-order valence-electron chi connectivity index (χ0n) is 13.7. The number of carboxylic acid groups (broad SMARTS) is 1. The molecule has 0 amide bonds. The first-order chi connectivity index (χ1) is 12.6. The van der Waals surface area contributed by atoms with E-state index in [0.29, 0.717) is 11.4 Å². The number of carboxylic acids is 1. The first kappa shape index (κ1) is 15.7. The maximum absolute atomic E-state index is 12.7. The predicted molar refractivity (Wildman–Crippen MR) is 96.6 cm³/mol. The summed E-state index contributed by atoms with van der Waals surface area (Å²) in [5.41, 5.74) is 0.666. The van der Waals surface area contributed by atoms with E-state index in [2.05, 4.69) is 15.3 Å². The third kappa shape index (κ3) is 2.44. The van der Waals surface area contributed by atoms with Crippen LogP contribution in [-0.2, 0) is 0 Å². The Labute approximate surface area is 146 Å². The van der Waals surface area contributed by atoms with Gasteiger partial charge < -0.3 is 20.1 Å². The number of H-pyrrole nitrogens is 1. The molecule has 0 aliphatic heterocycles. The molecular formula is C18H14N4O4. The number of carbonyl (C=O) groups is 1. The fourth-order valence-electron chi connectivity index (χ4n) is 2.85. The maximum Gasteiger partial charge on any atom is 0.345 e. The van der Waals surface area contributed by atoms with Crippen LogP contribution in [0.5, 0.6) is 5.75 Å². The molecule has 3 aromatic heterocycles. The van der Waals surface area contributed by atoms with Crippen molar-refractivity contribution < 1.29 is 14.6 Å². The highest BCUT2D eigenvalue weighted by molar-refractivity contribution is 5.94. The molecule has 0 unspecified atom stereocenters. The van der Waals surface area contributed by atoms with Crippen molar-refractivity contribution in [3.8, 4) is 5.75 Å². The lowest BCUT2D eigenvalue weighted by atomic mass is 10.2. The van der Waals surface area contributed by atoms with Crippen molar-refractivity contribution in [1.82, 2.24) is 14.4 Å². The van der Waals surface area contributed by atoms with Gasteiger partial charge in [-0.1, -0.05) is 0 Å². The van der Waals surface area contributed by atoms with Crippen LogP contribution in [0.3, 0.4) is 0 Å². The molecule has 0 atom stereocenters. The Bertz CT molecular complexity index is 1210. The van der Waals surface area contributed by atoms with E-state index < -0.39 is 17.1 Å². The van der Waals surface area contributed by atoms with Crippen molar-refractivity contribution in [2.24, 2.45) is 0 Å². The highest BCUT2D eigenvalue weighted by atomic mass is 16.5. The number of aromatic carboxylic acids is 1. The second kappa shape index (κ2) is 5.92. The molecule has 1 aromatic carbocycles. The zero-order valence-corrected chi connectivity index (χ0v) is 13.7. The summed E-state index contributed by atoms with van der Waals surface area (Å²) in [6.45, 7) is 0. The number of nitrogens with one attached hydrogen (secondary N) is 2. The van der Waals surface area contributed by atoms with Crippen LogP contribution in [0.1, 0.15) is 10.4 Å². The average molecular weight is 350 g/mol. The Morgan fingerprint density at radius 1 is 1.31 bits per heavy atom. The van der Waals surface area contributed by atoms with Gasteiger partial charge in [-0.25, -0.2) is 9.78 Å². The summed E-state index contributed by atoms with van der Waals surface area (Å²) in [5, 5.41) is 13.4. The largest absolute Gasteiger partial charge is 0.493 e. The van der Waals surface area contributed by atoms with Crippen molar-refractivity contribution in [3.05, 3.63) is 64.7 Å². The summed E-state index contributed by atoms with van der Waals surface area (Å²) in [4.78, 5) is 31.7. The molecule has 4 rings (SSSR count). The number of ether oxygens (including phenoxy) is 1. The molecular weight excluding hydrogens is 336 g/mol. The van der Waals surface area contributed by atoms with Crippen LogP contribution in [0.4, 0.5) is 11.5 Å². The molecule has 0 bridgehead atoms. The van der Waals surface area contributed by atoms with E-state index in [1.165, 1.54) is 13.3 Å². The van der Waals surface area contributed by atoms with E-state index in [9.17, 15) is 14.7 Å². The minimum atomic E-state index is -1.36. The molecule has 26 heavy (non-hydrogen) atoms. The number of hydrogen-bond acceptors (Lipinski definition) is 5. The summed E-state index contributed by atoms with van der Waals surface area (Å²) in [7, 11) is 1.46. The van der Waals surface area contributed by atoms with Gasteiger partial charge >= 0.3 is 5.97 Å². The molecule has 0 aliphatic carbocycles. The Morgan fingerprint density at radius 3 is 2.92 bits per heavy atom. The number of rotatable bonds is 4. The van der Waals surface area contributed by atoms with Gasteiger partial charge in [-0.2, -0.15) is 0 Å². The average Bonchev–Trinajstić information content (AvgIpc) is 3.09.